The first-order valence-corrected chi connectivity index (χ1v) is 10.0. The van der Waals surface area contributed by atoms with Gasteiger partial charge in [-0.05, 0) is 36.4 Å². The van der Waals surface area contributed by atoms with Crippen LogP contribution in [0.15, 0.2) is 59.5 Å². The van der Waals surface area contributed by atoms with Crippen molar-refractivity contribution in [1.29, 1.82) is 0 Å². The van der Waals surface area contributed by atoms with Crippen molar-refractivity contribution in [3.8, 4) is 17.6 Å². The fraction of sp³-hybridized carbons (Fsp3) is 0.250. The summed E-state index contributed by atoms with van der Waals surface area (Å²) in [5.41, 5.74) is 5.95. The fourth-order valence-electron chi connectivity index (χ4n) is 2.38. The summed E-state index contributed by atoms with van der Waals surface area (Å²) in [5.74, 6) is 5.81. The van der Waals surface area contributed by atoms with Crippen molar-refractivity contribution < 1.29 is 23.1 Å². The van der Waals surface area contributed by atoms with E-state index in [4.69, 9.17) is 10.5 Å². The molecule has 0 spiro atoms. The van der Waals surface area contributed by atoms with Crippen LogP contribution in [0.2, 0.25) is 0 Å². The van der Waals surface area contributed by atoms with Gasteiger partial charge in [-0.25, -0.2) is 8.42 Å². The van der Waals surface area contributed by atoms with E-state index < -0.39 is 21.3 Å². The van der Waals surface area contributed by atoms with Crippen LogP contribution in [0.1, 0.15) is 13.3 Å². The van der Waals surface area contributed by atoms with Crippen LogP contribution >= 0.6 is 0 Å². The number of rotatable bonds is 7. The van der Waals surface area contributed by atoms with E-state index in [0.29, 0.717) is 11.4 Å². The van der Waals surface area contributed by atoms with Crippen LogP contribution in [0.4, 0.5) is 5.69 Å². The van der Waals surface area contributed by atoms with Gasteiger partial charge in [-0.1, -0.05) is 30.0 Å². The average molecular weight is 402 g/mol. The van der Waals surface area contributed by atoms with Crippen molar-refractivity contribution in [2.24, 2.45) is 5.73 Å². The smallest absolute Gasteiger partial charge is 0.221 e. The summed E-state index contributed by atoms with van der Waals surface area (Å²) >= 11 is 0. The minimum absolute atomic E-state index is 0.0153. The molecule has 0 saturated carbocycles. The van der Waals surface area contributed by atoms with Gasteiger partial charge in [-0.3, -0.25) is 4.79 Å². The van der Waals surface area contributed by atoms with Crippen LogP contribution in [0.5, 0.6) is 5.75 Å². The summed E-state index contributed by atoms with van der Waals surface area (Å²) in [4.78, 5) is 11.0. The zero-order valence-corrected chi connectivity index (χ0v) is 16.1. The summed E-state index contributed by atoms with van der Waals surface area (Å²) in [6.45, 7) is 1.44. The molecule has 0 aliphatic carbocycles. The van der Waals surface area contributed by atoms with E-state index in [-0.39, 0.29) is 23.8 Å². The molecule has 4 N–H and O–H groups in total. The molecule has 1 amide bonds. The Kier molecular flexibility index (Phi) is 7.58. The Bertz CT molecular complexity index is 946. The number of benzene rings is 2. The monoisotopic (exact) mass is 402 g/mol. The average Bonchev–Trinajstić information content (AvgIpc) is 2.65. The Hall–Kier alpha value is -2.86. The van der Waals surface area contributed by atoms with Gasteiger partial charge in [-0.15, -0.1) is 0 Å². The number of carbonyl (C=O) groups is 1. The number of aliphatic hydroxyl groups is 1. The summed E-state index contributed by atoms with van der Waals surface area (Å²) in [6.07, 6.45) is -1.74. The number of anilines is 1. The molecule has 28 heavy (non-hydrogen) atoms. The van der Waals surface area contributed by atoms with E-state index >= 15 is 0 Å². The van der Waals surface area contributed by atoms with Gasteiger partial charge in [0.2, 0.25) is 5.91 Å². The molecule has 0 aliphatic rings. The fourth-order valence-corrected chi connectivity index (χ4v) is 3.91. The molecular weight excluding hydrogens is 380 g/mol. The molecule has 2 atom stereocenters. The molecular formula is C20H22N2O5S. The molecule has 7 nitrogen and oxygen atoms in total. The molecule has 2 aromatic carbocycles. The molecule has 0 radical (unpaired) electrons. The van der Waals surface area contributed by atoms with Gasteiger partial charge in [0, 0.05) is 19.0 Å². The number of hydrogen-bond donors (Lipinski definition) is 3. The number of amides is 1. The van der Waals surface area contributed by atoms with Crippen LogP contribution in [0.25, 0.3) is 0 Å². The van der Waals surface area contributed by atoms with Gasteiger partial charge in [-0.2, -0.15) is 0 Å². The minimum Gasteiger partial charge on any atom is -0.481 e. The van der Waals surface area contributed by atoms with Gasteiger partial charge in [0.25, 0.3) is 0 Å². The molecule has 8 heteroatoms. The third-order valence-corrected chi connectivity index (χ3v) is 5.94. The molecule has 0 aromatic heterocycles. The predicted octanol–water partition coefficient (Wildman–Crippen LogP) is 1.54. The third kappa shape index (κ3) is 6.09. The molecule has 0 heterocycles. The lowest BCUT2D eigenvalue weighted by molar-refractivity contribution is -0.114. The number of carbonyl (C=O) groups excluding carboxylic acids is 1. The molecule has 0 saturated heterocycles. The lowest BCUT2D eigenvalue weighted by Crippen LogP contribution is -2.40. The number of nitrogens with one attached hydrogen (secondary N) is 1. The first-order chi connectivity index (χ1) is 13.3. The van der Waals surface area contributed by atoms with Crippen LogP contribution in [-0.4, -0.2) is 37.5 Å². The number of para-hydroxylation sites is 1. The SMILES string of the molecule is CC(=O)Nc1ccc(S(=O)(=O)C(CC#CCOc2ccccc2)C(N)O)cc1. The van der Waals surface area contributed by atoms with Crippen LogP contribution < -0.4 is 15.8 Å². The van der Waals surface area contributed by atoms with E-state index in [1.165, 1.54) is 31.2 Å². The van der Waals surface area contributed by atoms with Crippen molar-refractivity contribution in [2.75, 3.05) is 11.9 Å². The summed E-state index contributed by atoms with van der Waals surface area (Å²) < 4.78 is 30.9. The molecule has 0 bridgehead atoms. The second-order valence-electron chi connectivity index (χ2n) is 5.94. The summed E-state index contributed by atoms with van der Waals surface area (Å²) in [5, 5.41) is 11.0. The highest BCUT2D eigenvalue weighted by Crippen LogP contribution is 2.21. The van der Waals surface area contributed by atoms with Crippen LogP contribution in [-0.2, 0) is 14.6 Å². The summed E-state index contributed by atoms with van der Waals surface area (Å²) in [7, 11) is -3.92. The Balaban J connectivity index is 2.05. The quantitative estimate of drug-likeness (QED) is 0.477. The number of nitrogens with two attached hydrogens (primary N) is 1. The standard InChI is InChI=1S/C20H22N2O5S/c1-15(23)22-16-10-12-18(13-11-16)28(25,26)19(20(21)24)9-5-6-14-27-17-7-3-2-4-8-17/h2-4,7-8,10-13,19-20,24H,9,14,21H2,1H3,(H,22,23). The van der Waals surface area contributed by atoms with E-state index in [2.05, 4.69) is 17.2 Å². The molecule has 2 rings (SSSR count). The Morgan fingerprint density at radius 2 is 1.79 bits per heavy atom. The van der Waals surface area contributed by atoms with E-state index in [0.717, 1.165) is 0 Å². The second-order valence-corrected chi connectivity index (χ2v) is 8.11. The predicted molar refractivity (Wildman–Crippen MR) is 106 cm³/mol. The number of aliphatic hydroxyl groups excluding tert-OH is 1. The number of sulfone groups is 1. The lowest BCUT2D eigenvalue weighted by atomic mass is 10.3. The van der Waals surface area contributed by atoms with E-state index in [1.54, 1.807) is 12.1 Å². The van der Waals surface area contributed by atoms with E-state index in [9.17, 15) is 18.3 Å². The maximum atomic E-state index is 12.8. The van der Waals surface area contributed by atoms with Gasteiger partial charge >= 0.3 is 0 Å². The minimum atomic E-state index is -3.92. The summed E-state index contributed by atoms with van der Waals surface area (Å²) in [6, 6.07) is 14.7. The van der Waals surface area contributed by atoms with Crippen molar-refractivity contribution in [2.45, 2.75) is 29.7 Å². The Labute approximate surface area is 164 Å². The van der Waals surface area contributed by atoms with E-state index in [1.807, 2.05) is 18.2 Å². The topological polar surface area (TPSA) is 119 Å². The highest BCUT2D eigenvalue weighted by molar-refractivity contribution is 7.92. The Morgan fingerprint density at radius 3 is 2.36 bits per heavy atom. The van der Waals surface area contributed by atoms with Gasteiger partial charge in [0.1, 0.15) is 23.8 Å². The maximum absolute atomic E-state index is 12.8. The zero-order valence-electron chi connectivity index (χ0n) is 15.3. The van der Waals surface area contributed by atoms with Gasteiger partial charge in [0.15, 0.2) is 9.84 Å². The highest BCUT2D eigenvalue weighted by atomic mass is 32.2. The largest absolute Gasteiger partial charge is 0.481 e. The number of ether oxygens (including phenoxy) is 1. The normalized spacial score (nSPS) is 13.0. The van der Waals surface area contributed by atoms with Crippen molar-refractivity contribution in [1.82, 2.24) is 0 Å². The van der Waals surface area contributed by atoms with Crippen molar-refractivity contribution >= 4 is 21.4 Å². The van der Waals surface area contributed by atoms with Crippen LogP contribution in [0, 0.1) is 11.8 Å². The molecule has 148 valence electrons. The second kappa shape index (κ2) is 9.90. The third-order valence-electron chi connectivity index (χ3n) is 3.77. The molecule has 0 fully saturated rings. The van der Waals surface area contributed by atoms with Crippen molar-refractivity contribution in [3.05, 3.63) is 54.6 Å². The van der Waals surface area contributed by atoms with Crippen molar-refractivity contribution in [3.63, 3.8) is 0 Å². The lowest BCUT2D eigenvalue weighted by Gasteiger charge is -2.18. The van der Waals surface area contributed by atoms with Crippen LogP contribution in [0.3, 0.4) is 0 Å². The maximum Gasteiger partial charge on any atom is 0.221 e. The highest BCUT2D eigenvalue weighted by Gasteiger charge is 2.31. The van der Waals surface area contributed by atoms with Gasteiger partial charge in [0.05, 0.1) is 4.90 Å². The Morgan fingerprint density at radius 1 is 1.14 bits per heavy atom. The number of hydrogen-bond acceptors (Lipinski definition) is 6. The first-order valence-electron chi connectivity index (χ1n) is 8.49. The molecule has 2 aromatic rings. The van der Waals surface area contributed by atoms with Gasteiger partial charge < -0.3 is 20.9 Å². The molecule has 0 aliphatic heterocycles. The zero-order chi connectivity index (χ0) is 20.6. The first kappa shape index (κ1) is 21.4. The molecule has 2 unspecified atom stereocenters.